The molecule has 0 atom stereocenters. The number of phenolic OH excluding ortho intramolecular Hbond substituents is 1. The zero-order valence-corrected chi connectivity index (χ0v) is 15.6. The lowest BCUT2D eigenvalue weighted by Crippen LogP contribution is -2.44. The van der Waals surface area contributed by atoms with Crippen molar-refractivity contribution in [1.29, 1.82) is 0 Å². The summed E-state index contributed by atoms with van der Waals surface area (Å²) in [6.45, 7) is 2.21. The van der Waals surface area contributed by atoms with Gasteiger partial charge in [0.25, 0.3) is 0 Å². The highest BCUT2D eigenvalue weighted by Gasteiger charge is 2.20. The number of benzene rings is 1. The van der Waals surface area contributed by atoms with E-state index in [2.05, 4.69) is 31.8 Å². The molecule has 0 bridgehead atoms. The van der Waals surface area contributed by atoms with E-state index < -0.39 is 11.8 Å². The maximum Gasteiger partial charge on any atom is 0.329 e. The number of rotatable bonds is 5. The molecule has 0 unspecified atom stereocenters. The Morgan fingerprint density at radius 3 is 2.72 bits per heavy atom. The molecule has 0 aliphatic heterocycles. The summed E-state index contributed by atoms with van der Waals surface area (Å²) in [4.78, 5) is 23.6. The van der Waals surface area contributed by atoms with Crippen LogP contribution in [-0.2, 0) is 9.59 Å². The average molecular weight is 412 g/mol. The number of phenols is 1. The van der Waals surface area contributed by atoms with Gasteiger partial charge in [-0.05, 0) is 53.4 Å². The minimum absolute atomic E-state index is 0.00473. The van der Waals surface area contributed by atoms with Gasteiger partial charge in [-0.2, -0.15) is 5.10 Å². The number of hydrazone groups is 1. The number of halogens is 1. The first-order chi connectivity index (χ1) is 12.0. The number of nitrogens with zero attached hydrogens (tertiary/aromatic N) is 1. The van der Waals surface area contributed by atoms with Gasteiger partial charge in [0.05, 0.1) is 17.3 Å². The van der Waals surface area contributed by atoms with Crippen LogP contribution in [0.1, 0.15) is 44.6 Å². The summed E-state index contributed by atoms with van der Waals surface area (Å²) < 4.78 is 5.76. The number of hydrogen-bond acceptors (Lipinski definition) is 5. The molecule has 8 heteroatoms. The number of hydrogen-bond donors (Lipinski definition) is 3. The molecule has 1 saturated carbocycles. The largest absolute Gasteiger partial charge is 0.503 e. The molecule has 2 amide bonds. The minimum Gasteiger partial charge on any atom is -0.503 e. The zero-order chi connectivity index (χ0) is 18.2. The van der Waals surface area contributed by atoms with E-state index in [-0.39, 0.29) is 11.8 Å². The van der Waals surface area contributed by atoms with Crippen LogP contribution in [-0.4, -0.2) is 35.8 Å². The third-order valence-corrected chi connectivity index (χ3v) is 4.48. The zero-order valence-electron chi connectivity index (χ0n) is 14.0. The molecule has 136 valence electrons. The Hall–Kier alpha value is -2.09. The summed E-state index contributed by atoms with van der Waals surface area (Å²) in [5.41, 5.74) is 2.80. The fourth-order valence-corrected chi connectivity index (χ4v) is 3.11. The lowest BCUT2D eigenvalue weighted by molar-refractivity contribution is -0.139. The third kappa shape index (κ3) is 5.74. The molecule has 0 saturated heterocycles. The summed E-state index contributed by atoms with van der Waals surface area (Å²) in [7, 11) is 0. The van der Waals surface area contributed by atoms with Crippen molar-refractivity contribution in [3.05, 3.63) is 22.2 Å². The van der Waals surface area contributed by atoms with Gasteiger partial charge in [-0.3, -0.25) is 9.59 Å². The fraction of sp³-hybridized carbons (Fsp3) is 0.471. The average Bonchev–Trinajstić information content (AvgIpc) is 2.60. The molecule has 1 aromatic carbocycles. The number of amides is 2. The van der Waals surface area contributed by atoms with E-state index in [1.54, 1.807) is 19.1 Å². The Morgan fingerprint density at radius 2 is 2.04 bits per heavy atom. The molecule has 0 spiro atoms. The van der Waals surface area contributed by atoms with Gasteiger partial charge in [0, 0.05) is 6.04 Å². The van der Waals surface area contributed by atoms with E-state index in [1.165, 1.54) is 12.6 Å². The van der Waals surface area contributed by atoms with E-state index in [0.717, 1.165) is 25.7 Å². The van der Waals surface area contributed by atoms with Crippen molar-refractivity contribution >= 4 is 34.0 Å². The SMILES string of the molecule is CCOc1cc(/C=N\NC(=O)C(=O)NC2CCCCC2)cc(Br)c1O. The Labute approximate surface area is 155 Å². The standard InChI is InChI=1S/C17H22BrN3O4/c1-2-25-14-9-11(8-13(18)15(14)22)10-19-21-17(24)16(23)20-12-6-4-3-5-7-12/h8-10,12,22H,2-7H2,1H3,(H,20,23)(H,21,24)/b19-10-. The third-order valence-electron chi connectivity index (χ3n) is 3.88. The first-order valence-electron chi connectivity index (χ1n) is 8.30. The lowest BCUT2D eigenvalue weighted by Gasteiger charge is -2.22. The maximum atomic E-state index is 11.8. The van der Waals surface area contributed by atoms with Gasteiger partial charge in [-0.1, -0.05) is 19.3 Å². The van der Waals surface area contributed by atoms with E-state index in [0.29, 0.717) is 22.4 Å². The van der Waals surface area contributed by atoms with Gasteiger partial charge in [-0.25, -0.2) is 5.43 Å². The molecule has 3 N–H and O–H groups in total. The predicted molar refractivity (Wildman–Crippen MR) is 97.7 cm³/mol. The first kappa shape index (κ1) is 19.2. The second-order valence-electron chi connectivity index (χ2n) is 5.79. The van der Waals surface area contributed by atoms with Crippen molar-refractivity contribution in [3.8, 4) is 11.5 Å². The van der Waals surface area contributed by atoms with Crippen molar-refractivity contribution in [2.45, 2.75) is 45.1 Å². The van der Waals surface area contributed by atoms with E-state index in [1.807, 2.05) is 0 Å². The van der Waals surface area contributed by atoms with Crippen molar-refractivity contribution in [2.24, 2.45) is 5.10 Å². The molecule has 1 aliphatic rings. The Morgan fingerprint density at radius 1 is 1.32 bits per heavy atom. The highest BCUT2D eigenvalue weighted by atomic mass is 79.9. The van der Waals surface area contributed by atoms with E-state index in [9.17, 15) is 14.7 Å². The molecule has 1 aliphatic carbocycles. The molecule has 7 nitrogen and oxygen atoms in total. The Balaban J connectivity index is 1.91. The number of aromatic hydroxyl groups is 1. The van der Waals surface area contributed by atoms with Crippen LogP contribution < -0.4 is 15.5 Å². The number of carbonyl (C=O) groups excluding carboxylic acids is 2. The van der Waals surface area contributed by atoms with Gasteiger partial charge in [0.1, 0.15) is 0 Å². The highest BCUT2D eigenvalue weighted by molar-refractivity contribution is 9.10. The van der Waals surface area contributed by atoms with Crippen molar-refractivity contribution in [1.82, 2.24) is 10.7 Å². The first-order valence-corrected chi connectivity index (χ1v) is 9.09. The van der Waals surface area contributed by atoms with Crippen molar-refractivity contribution < 1.29 is 19.4 Å². The normalized spacial score (nSPS) is 15.1. The van der Waals surface area contributed by atoms with Crippen LogP contribution >= 0.6 is 15.9 Å². The molecular formula is C17H22BrN3O4. The smallest absolute Gasteiger partial charge is 0.329 e. The molecular weight excluding hydrogens is 390 g/mol. The lowest BCUT2D eigenvalue weighted by atomic mass is 9.95. The Bertz CT molecular complexity index is 658. The van der Waals surface area contributed by atoms with Gasteiger partial charge < -0.3 is 15.2 Å². The van der Waals surface area contributed by atoms with E-state index >= 15 is 0 Å². The van der Waals surface area contributed by atoms with Crippen LogP contribution in [0.5, 0.6) is 11.5 Å². The van der Waals surface area contributed by atoms with Crippen LogP contribution in [0, 0.1) is 0 Å². The summed E-state index contributed by atoms with van der Waals surface area (Å²) in [5, 5.41) is 16.4. The second-order valence-corrected chi connectivity index (χ2v) is 6.64. The van der Waals surface area contributed by atoms with Crippen LogP contribution in [0.25, 0.3) is 0 Å². The van der Waals surface area contributed by atoms with Crippen LogP contribution in [0.2, 0.25) is 0 Å². The molecule has 0 heterocycles. The quantitative estimate of drug-likeness (QED) is 0.393. The van der Waals surface area contributed by atoms with Crippen LogP contribution in [0.15, 0.2) is 21.7 Å². The molecule has 2 rings (SSSR count). The number of ether oxygens (including phenoxy) is 1. The minimum atomic E-state index is -0.801. The summed E-state index contributed by atoms with van der Waals surface area (Å²) >= 11 is 3.22. The summed E-state index contributed by atoms with van der Waals surface area (Å²) in [6, 6.07) is 3.27. The maximum absolute atomic E-state index is 11.8. The van der Waals surface area contributed by atoms with E-state index in [4.69, 9.17) is 4.74 Å². The van der Waals surface area contributed by atoms with Crippen molar-refractivity contribution in [3.63, 3.8) is 0 Å². The van der Waals surface area contributed by atoms with Crippen LogP contribution in [0.4, 0.5) is 0 Å². The summed E-state index contributed by atoms with van der Waals surface area (Å²) in [6.07, 6.45) is 6.51. The topological polar surface area (TPSA) is 100 Å². The van der Waals surface area contributed by atoms with Gasteiger partial charge >= 0.3 is 11.8 Å². The van der Waals surface area contributed by atoms with Gasteiger partial charge in [0.15, 0.2) is 11.5 Å². The second kappa shape index (κ2) is 9.41. The monoisotopic (exact) mass is 411 g/mol. The molecule has 1 aromatic rings. The summed E-state index contributed by atoms with van der Waals surface area (Å²) in [5.74, 6) is -1.18. The molecule has 25 heavy (non-hydrogen) atoms. The van der Waals surface area contributed by atoms with Gasteiger partial charge in [0.2, 0.25) is 0 Å². The van der Waals surface area contributed by atoms with Gasteiger partial charge in [-0.15, -0.1) is 0 Å². The predicted octanol–water partition coefficient (Wildman–Crippen LogP) is 2.45. The number of carbonyl (C=O) groups is 2. The van der Waals surface area contributed by atoms with Crippen LogP contribution in [0.3, 0.4) is 0 Å². The Kier molecular flexibility index (Phi) is 7.24. The molecule has 0 aromatic heterocycles. The molecule has 1 fully saturated rings. The number of nitrogens with one attached hydrogen (secondary N) is 2. The van der Waals surface area contributed by atoms with Crippen molar-refractivity contribution in [2.75, 3.05) is 6.61 Å². The highest BCUT2D eigenvalue weighted by Crippen LogP contribution is 2.35. The molecule has 0 radical (unpaired) electrons. The fourth-order valence-electron chi connectivity index (χ4n) is 2.65.